The lowest BCUT2D eigenvalue weighted by atomic mass is 10.1. The summed E-state index contributed by atoms with van der Waals surface area (Å²) in [7, 11) is -3.16. The minimum Gasteiger partial charge on any atom is -0.307 e. The van der Waals surface area contributed by atoms with Crippen LogP contribution in [0.15, 0.2) is 65.3 Å². The van der Waals surface area contributed by atoms with Gasteiger partial charge in [-0.05, 0) is 35.4 Å². The number of anilines is 1. The first kappa shape index (κ1) is 19.3. The minimum absolute atomic E-state index is 0.102. The van der Waals surface area contributed by atoms with Gasteiger partial charge in [-0.1, -0.05) is 40.2 Å². The number of carbonyl (C=O) groups is 1. The Kier molecular flexibility index (Phi) is 5.76. The molecule has 3 rings (SSSR count). The Balaban J connectivity index is 1.74. The molecule has 0 unspecified atom stereocenters. The molecule has 0 aliphatic heterocycles. The quantitative estimate of drug-likeness (QED) is 0.626. The van der Waals surface area contributed by atoms with E-state index in [9.17, 15) is 13.2 Å². The molecule has 0 saturated carbocycles. The number of hydrogen-bond donors (Lipinski definition) is 1. The largest absolute Gasteiger partial charge is 0.307 e. The molecule has 0 radical (unpaired) electrons. The van der Waals surface area contributed by atoms with E-state index in [0.717, 1.165) is 10.0 Å². The van der Waals surface area contributed by atoms with Gasteiger partial charge in [-0.25, -0.2) is 13.1 Å². The Morgan fingerprint density at radius 2 is 1.85 bits per heavy atom. The molecule has 3 aromatic rings. The van der Waals surface area contributed by atoms with Gasteiger partial charge < -0.3 is 5.32 Å². The third-order valence-electron chi connectivity index (χ3n) is 3.82. The number of sulfone groups is 1. The van der Waals surface area contributed by atoms with Crippen LogP contribution in [0.4, 0.5) is 5.82 Å². The SMILES string of the molecule is CS(=O)(=O)Cc1cccc(C(=O)Nc2ccnn2Cc2ccc(Br)cc2)c1. The Bertz CT molecular complexity index is 1060. The third-order valence-corrected chi connectivity index (χ3v) is 5.21. The van der Waals surface area contributed by atoms with E-state index in [1.165, 1.54) is 6.26 Å². The highest BCUT2D eigenvalue weighted by Crippen LogP contribution is 2.15. The van der Waals surface area contributed by atoms with Crippen molar-refractivity contribution in [2.45, 2.75) is 12.3 Å². The predicted molar refractivity (Wildman–Crippen MR) is 108 cm³/mol. The fourth-order valence-electron chi connectivity index (χ4n) is 2.62. The summed E-state index contributed by atoms with van der Waals surface area (Å²) < 4.78 is 25.6. The zero-order valence-electron chi connectivity index (χ0n) is 14.6. The Hall–Kier alpha value is -2.45. The number of nitrogens with one attached hydrogen (secondary N) is 1. The van der Waals surface area contributed by atoms with E-state index in [1.807, 2.05) is 24.3 Å². The molecule has 0 fully saturated rings. The van der Waals surface area contributed by atoms with Crippen LogP contribution in [0.5, 0.6) is 0 Å². The third kappa shape index (κ3) is 5.51. The van der Waals surface area contributed by atoms with E-state index in [1.54, 1.807) is 41.2 Å². The summed E-state index contributed by atoms with van der Waals surface area (Å²) in [5.41, 5.74) is 2.02. The first-order chi connectivity index (χ1) is 12.8. The Morgan fingerprint density at radius 3 is 2.56 bits per heavy atom. The van der Waals surface area contributed by atoms with Gasteiger partial charge >= 0.3 is 0 Å². The molecule has 0 spiro atoms. The second-order valence-corrected chi connectivity index (χ2v) is 9.28. The number of rotatable bonds is 6. The summed E-state index contributed by atoms with van der Waals surface area (Å²) in [6, 6.07) is 16.2. The second kappa shape index (κ2) is 8.06. The van der Waals surface area contributed by atoms with Crippen LogP contribution in [0.2, 0.25) is 0 Å². The first-order valence-corrected chi connectivity index (χ1v) is 11.0. The van der Waals surface area contributed by atoms with Gasteiger partial charge in [0, 0.05) is 22.4 Å². The smallest absolute Gasteiger partial charge is 0.256 e. The van der Waals surface area contributed by atoms with E-state index < -0.39 is 9.84 Å². The number of aromatic nitrogens is 2. The minimum atomic E-state index is -3.16. The van der Waals surface area contributed by atoms with E-state index in [-0.39, 0.29) is 11.7 Å². The Morgan fingerprint density at radius 1 is 1.11 bits per heavy atom. The molecule has 0 bridgehead atoms. The predicted octanol–water partition coefficient (Wildman–Crippen LogP) is 3.49. The Labute approximate surface area is 166 Å². The van der Waals surface area contributed by atoms with Crippen LogP contribution in [0.1, 0.15) is 21.5 Å². The van der Waals surface area contributed by atoms with Gasteiger partial charge in [-0.3, -0.25) is 4.79 Å². The van der Waals surface area contributed by atoms with Gasteiger partial charge in [0.1, 0.15) is 5.82 Å². The maximum absolute atomic E-state index is 12.6. The first-order valence-electron chi connectivity index (χ1n) is 8.14. The molecule has 0 saturated heterocycles. The zero-order chi connectivity index (χ0) is 19.4. The van der Waals surface area contributed by atoms with Crippen molar-refractivity contribution in [1.82, 2.24) is 9.78 Å². The van der Waals surface area contributed by atoms with Crippen molar-refractivity contribution in [2.24, 2.45) is 0 Å². The molecule has 27 heavy (non-hydrogen) atoms. The molecular weight excluding hydrogens is 430 g/mol. The molecule has 1 amide bonds. The molecule has 1 N–H and O–H groups in total. The summed E-state index contributed by atoms with van der Waals surface area (Å²) in [6.07, 6.45) is 2.79. The second-order valence-electron chi connectivity index (χ2n) is 6.23. The topological polar surface area (TPSA) is 81.1 Å². The fraction of sp³-hybridized carbons (Fsp3) is 0.158. The number of halogens is 1. The van der Waals surface area contributed by atoms with Crippen molar-refractivity contribution in [3.63, 3.8) is 0 Å². The van der Waals surface area contributed by atoms with Crippen molar-refractivity contribution in [3.05, 3.63) is 82.0 Å². The lowest BCUT2D eigenvalue weighted by Crippen LogP contribution is -2.16. The van der Waals surface area contributed by atoms with Gasteiger partial charge in [0.05, 0.1) is 18.5 Å². The van der Waals surface area contributed by atoms with Gasteiger partial charge in [-0.2, -0.15) is 5.10 Å². The number of nitrogens with zero attached hydrogens (tertiary/aromatic N) is 2. The molecule has 8 heteroatoms. The fourth-order valence-corrected chi connectivity index (χ4v) is 3.67. The number of hydrogen-bond acceptors (Lipinski definition) is 4. The maximum atomic E-state index is 12.6. The summed E-state index contributed by atoms with van der Waals surface area (Å²) in [4.78, 5) is 12.6. The molecule has 6 nitrogen and oxygen atoms in total. The van der Waals surface area contributed by atoms with E-state index in [0.29, 0.717) is 23.5 Å². The van der Waals surface area contributed by atoms with Gasteiger partial charge in [0.15, 0.2) is 9.84 Å². The summed E-state index contributed by atoms with van der Waals surface area (Å²) in [5, 5.41) is 7.09. The van der Waals surface area contributed by atoms with Crippen LogP contribution < -0.4 is 5.32 Å². The average molecular weight is 448 g/mol. The molecule has 1 heterocycles. The van der Waals surface area contributed by atoms with Crippen molar-refractivity contribution in [1.29, 1.82) is 0 Å². The lowest BCUT2D eigenvalue weighted by molar-refractivity contribution is 0.102. The lowest BCUT2D eigenvalue weighted by Gasteiger charge is -2.10. The number of carbonyl (C=O) groups excluding carboxylic acids is 1. The standard InChI is InChI=1S/C19H18BrN3O3S/c1-27(25,26)13-15-3-2-4-16(11-15)19(24)22-18-9-10-21-23(18)12-14-5-7-17(20)8-6-14/h2-11H,12-13H2,1H3,(H,22,24). The van der Waals surface area contributed by atoms with Crippen molar-refractivity contribution >= 4 is 37.5 Å². The van der Waals surface area contributed by atoms with Crippen LogP contribution >= 0.6 is 15.9 Å². The van der Waals surface area contributed by atoms with Crippen LogP contribution in [-0.4, -0.2) is 30.4 Å². The molecule has 0 aliphatic rings. The highest BCUT2D eigenvalue weighted by molar-refractivity contribution is 9.10. The molecule has 0 atom stereocenters. The molecule has 0 aliphatic carbocycles. The van der Waals surface area contributed by atoms with Crippen LogP contribution in [0, 0.1) is 0 Å². The zero-order valence-corrected chi connectivity index (χ0v) is 17.0. The van der Waals surface area contributed by atoms with Gasteiger partial charge in [0.2, 0.25) is 0 Å². The van der Waals surface area contributed by atoms with E-state index in [2.05, 4.69) is 26.3 Å². The van der Waals surface area contributed by atoms with Gasteiger partial charge in [0.25, 0.3) is 5.91 Å². The van der Waals surface area contributed by atoms with Crippen molar-refractivity contribution in [2.75, 3.05) is 11.6 Å². The molecule has 1 aromatic heterocycles. The molecule has 2 aromatic carbocycles. The number of benzene rings is 2. The maximum Gasteiger partial charge on any atom is 0.256 e. The van der Waals surface area contributed by atoms with E-state index >= 15 is 0 Å². The highest BCUT2D eigenvalue weighted by Gasteiger charge is 2.12. The molecular formula is C19H18BrN3O3S. The van der Waals surface area contributed by atoms with Crippen LogP contribution in [0.25, 0.3) is 0 Å². The summed E-state index contributed by atoms with van der Waals surface area (Å²) in [6.45, 7) is 0.518. The number of amides is 1. The van der Waals surface area contributed by atoms with Crippen LogP contribution in [-0.2, 0) is 22.1 Å². The monoisotopic (exact) mass is 447 g/mol. The average Bonchev–Trinajstić information content (AvgIpc) is 3.02. The van der Waals surface area contributed by atoms with Crippen molar-refractivity contribution < 1.29 is 13.2 Å². The highest BCUT2D eigenvalue weighted by atomic mass is 79.9. The normalized spacial score (nSPS) is 11.3. The summed E-state index contributed by atoms with van der Waals surface area (Å²) in [5.74, 6) is 0.148. The van der Waals surface area contributed by atoms with E-state index in [4.69, 9.17) is 0 Å². The van der Waals surface area contributed by atoms with Gasteiger partial charge in [-0.15, -0.1) is 0 Å². The van der Waals surface area contributed by atoms with Crippen molar-refractivity contribution in [3.8, 4) is 0 Å². The summed E-state index contributed by atoms with van der Waals surface area (Å²) >= 11 is 3.40. The molecule has 140 valence electrons. The van der Waals surface area contributed by atoms with Crippen LogP contribution in [0.3, 0.4) is 0 Å².